The Hall–Kier alpha value is -2.82. The van der Waals surface area contributed by atoms with Gasteiger partial charge in [0.2, 0.25) is 0 Å². The molecule has 0 saturated heterocycles. The van der Waals surface area contributed by atoms with Crippen LogP contribution in [0.15, 0.2) is 52.5 Å². The van der Waals surface area contributed by atoms with Crippen LogP contribution in [0.3, 0.4) is 0 Å². The number of aromatic amines is 1. The zero-order chi connectivity index (χ0) is 22.9. The molecular formula is C21H16ClF3N4O2S. The summed E-state index contributed by atoms with van der Waals surface area (Å²) in [6.07, 6.45) is -3.13. The normalized spacial score (nSPS) is 15.9. The number of carbonyl (C=O) groups is 1. The Balaban J connectivity index is 1.82. The van der Waals surface area contributed by atoms with Gasteiger partial charge in [-0.05, 0) is 59.1 Å². The highest BCUT2D eigenvalue weighted by molar-refractivity contribution is 8.18. The number of allylic oxidation sites excluding steroid dienone is 1. The number of amidine groups is 1. The zero-order valence-corrected chi connectivity index (χ0v) is 18.2. The number of carbonyl (C=O) groups excluding carboxylic acids is 1. The van der Waals surface area contributed by atoms with Crippen molar-refractivity contribution in [3.63, 3.8) is 0 Å². The summed E-state index contributed by atoms with van der Waals surface area (Å²) in [6.45, 7) is 0.137. The molecule has 2 N–H and O–H groups in total. The van der Waals surface area contributed by atoms with E-state index in [0.29, 0.717) is 16.3 Å². The summed E-state index contributed by atoms with van der Waals surface area (Å²) >= 11 is 6.89. The van der Waals surface area contributed by atoms with Crippen molar-refractivity contribution in [3.05, 3.63) is 69.2 Å². The first-order chi connectivity index (χ1) is 15.3. The number of methoxy groups -OCH3 is 1. The smallest absolute Gasteiger partial charge is 0.365 e. The largest absolute Gasteiger partial charge is 0.416 e. The monoisotopic (exact) mass is 480 g/mol. The summed E-state index contributed by atoms with van der Waals surface area (Å²) in [6, 6.07) is 8.90. The van der Waals surface area contributed by atoms with Crippen molar-refractivity contribution in [1.82, 2.24) is 15.5 Å². The molecule has 0 fully saturated rings. The van der Waals surface area contributed by atoms with Crippen molar-refractivity contribution in [3.8, 4) is 0 Å². The molecule has 1 aliphatic heterocycles. The van der Waals surface area contributed by atoms with Gasteiger partial charge in [0.15, 0.2) is 5.17 Å². The maximum Gasteiger partial charge on any atom is 0.416 e. The van der Waals surface area contributed by atoms with Gasteiger partial charge >= 0.3 is 6.18 Å². The molecule has 1 aliphatic rings. The maximum atomic E-state index is 13.7. The number of ether oxygens (including phenoxy) is 1. The number of alkyl halides is 3. The van der Waals surface area contributed by atoms with Crippen molar-refractivity contribution in [2.45, 2.75) is 12.6 Å². The van der Waals surface area contributed by atoms with Crippen molar-refractivity contribution in [2.75, 3.05) is 13.8 Å². The highest BCUT2D eigenvalue weighted by atomic mass is 35.5. The number of rotatable bonds is 5. The number of nitrogens with zero attached hydrogens (tertiary/aromatic N) is 2. The summed E-state index contributed by atoms with van der Waals surface area (Å²) in [7, 11) is 1.48. The van der Waals surface area contributed by atoms with Crippen LogP contribution in [0.2, 0.25) is 5.02 Å². The van der Waals surface area contributed by atoms with Crippen LogP contribution in [-0.2, 0) is 22.1 Å². The molecule has 0 unspecified atom stereocenters. The van der Waals surface area contributed by atoms with Crippen LogP contribution in [0.5, 0.6) is 0 Å². The van der Waals surface area contributed by atoms with E-state index in [1.54, 1.807) is 24.4 Å². The first-order valence-corrected chi connectivity index (χ1v) is 10.5. The fourth-order valence-corrected chi connectivity index (χ4v) is 4.38. The topological polar surface area (TPSA) is 79.4 Å². The Kier molecular flexibility index (Phi) is 6.27. The Morgan fingerprint density at radius 2 is 2.06 bits per heavy atom. The molecule has 0 atom stereocenters. The minimum atomic E-state index is -4.60. The number of thioether (sulfide) groups is 1. The van der Waals surface area contributed by atoms with Crippen LogP contribution in [0.1, 0.15) is 16.7 Å². The van der Waals surface area contributed by atoms with E-state index in [2.05, 4.69) is 20.5 Å². The van der Waals surface area contributed by atoms with Gasteiger partial charge in [-0.15, -0.1) is 0 Å². The Morgan fingerprint density at radius 3 is 2.81 bits per heavy atom. The molecule has 6 nitrogen and oxygen atoms in total. The second-order valence-corrected chi connectivity index (χ2v) is 8.33. The third kappa shape index (κ3) is 4.67. The van der Waals surface area contributed by atoms with E-state index in [9.17, 15) is 18.0 Å². The van der Waals surface area contributed by atoms with Crippen LogP contribution < -0.4 is 5.32 Å². The van der Waals surface area contributed by atoms with E-state index < -0.39 is 17.6 Å². The van der Waals surface area contributed by atoms with Crippen molar-refractivity contribution in [2.24, 2.45) is 4.99 Å². The minimum Gasteiger partial charge on any atom is -0.365 e. The number of fused-ring (bicyclic) bond motifs is 1. The van der Waals surface area contributed by atoms with E-state index in [-0.39, 0.29) is 28.6 Å². The van der Waals surface area contributed by atoms with Crippen LogP contribution in [0.4, 0.5) is 13.2 Å². The third-order valence-corrected chi connectivity index (χ3v) is 6.06. The lowest BCUT2D eigenvalue weighted by molar-refractivity contribution is -0.138. The number of aromatic nitrogens is 2. The highest BCUT2D eigenvalue weighted by Gasteiger charge is 2.35. The summed E-state index contributed by atoms with van der Waals surface area (Å²) in [5, 5.41) is 10.7. The van der Waals surface area contributed by atoms with Gasteiger partial charge in [0.25, 0.3) is 5.91 Å². The molecule has 11 heteroatoms. The van der Waals surface area contributed by atoms with E-state index in [1.165, 1.54) is 19.2 Å². The van der Waals surface area contributed by atoms with Crippen molar-refractivity contribution < 1.29 is 22.7 Å². The van der Waals surface area contributed by atoms with Gasteiger partial charge in [-0.2, -0.15) is 23.3 Å². The summed E-state index contributed by atoms with van der Waals surface area (Å²) in [4.78, 5) is 16.9. The standard InChI is InChI=1S/C21H16ClF3N4O2S/c1-31-10-26-20-28-19(30)18(32-20)15(11-3-5-17-13(6-11)9-27-29-17)7-12-2-4-14(22)8-16(12)21(23,24)25/h2-6,8-9H,7,10H2,1H3,(H,27,29)(H,26,28,30). The van der Waals surface area contributed by atoms with Gasteiger partial charge in [-0.1, -0.05) is 23.7 Å². The predicted octanol–water partition coefficient (Wildman–Crippen LogP) is 5.01. The summed E-state index contributed by atoms with van der Waals surface area (Å²) < 4.78 is 46.0. The first-order valence-electron chi connectivity index (χ1n) is 9.32. The number of nitrogens with one attached hydrogen (secondary N) is 2. The molecule has 1 amide bonds. The average molecular weight is 481 g/mol. The van der Waals surface area contributed by atoms with Crippen LogP contribution in [-0.4, -0.2) is 35.1 Å². The number of hydrogen-bond donors (Lipinski definition) is 2. The van der Waals surface area contributed by atoms with Gasteiger partial charge in [-0.25, -0.2) is 0 Å². The molecule has 0 saturated carbocycles. The van der Waals surface area contributed by atoms with E-state index in [0.717, 1.165) is 28.7 Å². The molecule has 0 aliphatic carbocycles. The van der Waals surface area contributed by atoms with E-state index in [1.807, 2.05) is 0 Å². The average Bonchev–Trinajstić information content (AvgIpc) is 3.36. The van der Waals surface area contributed by atoms with Gasteiger partial charge in [0.1, 0.15) is 6.73 Å². The molecule has 2 aromatic carbocycles. The van der Waals surface area contributed by atoms with Crippen LogP contribution in [0, 0.1) is 0 Å². The molecule has 32 heavy (non-hydrogen) atoms. The van der Waals surface area contributed by atoms with Crippen molar-refractivity contribution in [1.29, 1.82) is 0 Å². The zero-order valence-electron chi connectivity index (χ0n) is 16.6. The molecule has 0 spiro atoms. The number of H-pyrrole nitrogens is 1. The third-order valence-electron chi connectivity index (χ3n) is 4.77. The molecule has 0 radical (unpaired) electrons. The second-order valence-electron chi connectivity index (χ2n) is 6.89. The Bertz CT molecular complexity index is 1250. The van der Waals surface area contributed by atoms with Gasteiger partial charge in [-0.3, -0.25) is 9.89 Å². The van der Waals surface area contributed by atoms with E-state index in [4.69, 9.17) is 16.3 Å². The van der Waals surface area contributed by atoms with E-state index >= 15 is 0 Å². The molecule has 1 aromatic heterocycles. The highest BCUT2D eigenvalue weighted by Crippen LogP contribution is 2.39. The van der Waals surface area contributed by atoms with Crippen molar-refractivity contribution >= 4 is 50.9 Å². The predicted molar refractivity (Wildman–Crippen MR) is 118 cm³/mol. The maximum absolute atomic E-state index is 13.7. The summed E-state index contributed by atoms with van der Waals surface area (Å²) in [5.41, 5.74) is 0.949. The SMILES string of the molecule is COCNC1=NC(=O)C(=C(Cc2ccc(Cl)cc2C(F)(F)F)c2ccc3[nH]ncc3c2)S1. The Labute approximate surface area is 189 Å². The minimum absolute atomic E-state index is 0.00314. The molecule has 166 valence electrons. The number of aliphatic imine (C=N–C) groups is 1. The first kappa shape index (κ1) is 22.4. The van der Waals surface area contributed by atoms with Gasteiger partial charge < -0.3 is 10.1 Å². The quantitative estimate of drug-likeness (QED) is 0.396. The Morgan fingerprint density at radius 1 is 1.25 bits per heavy atom. The fraction of sp³-hybridized carbons (Fsp3) is 0.190. The summed E-state index contributed by atoms with van der Waals surface area (Å²) in [5.74, 6) is -0.529. The second kappa shape index (κ2) is 8.97. The lowest BCUT2D eigenvalue weighted by Crippen LogP contribution is -2.21. The molecule has 0 bridgehead atoms. The molecular weight excluding hydrogens is 465 g/mol. The number of halogens is 4. The van der Waals surface area contributed by atoms with Crippen LogP contribution >= 0.6 is 23.4 Å². The fourth-order valence-electron chi connectivity index (χ4n) is 3.31. The molecule has 2 heterocycles. The number of hydrogen-bond acceptors (Lipinski definition) is 5. The van der Waals surface area contributed by atoms with Gasteiger partial charge in [0, 0.05) is 17.5 Å². The molecule has 3 aromatic rings. The van der Waals surface area contributed by atoms with Gasteiger partial charge in [0.05, 0.1) is 22.2 Å². The lowest BCUT2D eigenvalue weighted by Gasteiger charge is -2.16. The lowest BCUT2D eigenvalue weighted by atomic mass is 9.93. The molecule has 4 rings (SSSR count). The van der Waals surface area contributed by atoms with Crippen LogP contribution in [0.25, 0.3) is 16.5 Å². The number of benzene rings is 2. The number of amides is 1.